The van der Waals surface area contributed by atoms with Crippen LogP contribution in [0.2, 0.25) is 0 Å². The van der Waals surface area contributed by atoms with Crippen molar-refractivity contribution in [2.45, 2.75) is 33.3 Å². The van der Waals surface area contributed by atoms with Crippen molar-refractivity contribution in [1.82, 2.24) is 19.4 Å². The number of aromatic amines is 1. The number of H-pyrrole nitrogens is 1. The molecule has 0 fully saturated rings. The smallest absolute Gasteiger partial charge is 0.154 e. The quantitative estimate of drug-likeness (QED) is 0.591. The predicted molar refractivity (Wildman–Crippen MR) is 95.0 cm³/mol. The molecule has 4 aromatic rings. The van der Waals surface area contributed by atoms with Crippen molar-refractivity contribution in [3.63, 3.8) is 0 Å². The van der Waals surface area contributed by atoms with Gasteiger partial charge in [0.2, 0.25) is 0 Å². The van der Waals surface area contributed by atoms with Crippen molar-refractivity contribution in [2.24, 2.45) is 0 Å². The van der Waals surface area contributed by atoms with Gasteiger partial charge in [-0.15, -0.1) is 0 Å². The molecule has 0 aliphatic heterocycles. The fourth-order valence-corrected chi connectivity index (χ4v) is 3.24. The molecule has 0 spiro atoms. The Morgan fingerprint density at radius 3 is 2.62 bits per heavy atom. The van der Waals surface area contributed by atoms with E-state index in [4.69, 9.17) is 4.98 Å². The van der Waals surface area contributed by atoms with E-state index in [1.807, 2.05) is 50.5 Å². The molecule has 122 valence electrons. The third-order valence-electron chi connectivity index (χ3n) is 4.53. The number of hydrogen-bond donors (Lipinski definition) is 2. The number of hydrogen-bond acceptors (Lipinski definition) is 3. The molecule has 3 aromatic heterocycles. The summed E-state index contributed by atoms with van der Waals surface area (Å²) in [4.78, 5) is 12.4. The van der Waals surface area contributed by atoms with E-state index in [9.17, 15) is 5.11 Å². The molecule has 0 unspecified atom stereocenters. The number of aromatic nitrogens is 4. The summed E-state index contributed by atoms with van der Waals surface area (Å²) in [5.74, 6) is 0.929. The summed E-state index contributed by atoms with van der Waals surface area (Å²) >= 11 is 0. The summed E-state index contributed by atoms with van der Waals surface area (Å²) in [7, 11) is 0. The number of aliphatic hydroxyl groups is 1. The molecule has 0 atom stereocenters. The van der Waals surface area contributed by atoms with Crippen LogP contribution in [0, 0.1) is 13.8 Å². The van der Waals surface area contributed by atoms with Gasteiger partial charge >= 0.3 is 0 Å². The van der Waals surface area contributed by atoms with Crippen LogP contribution in [0.15, 0.2) is 36.7 Å². The van der Waals surface area contributed by atoms with Gasteiger partial charge in [0.1, 0.15) is 5.82 Å². The van der Waals surface area contributed by atoms with Crippen LogP contribution >= 0.6 is 0 Å². The standard InChI is InChI=1S/C19H20N4O/c1-11-9-13(19(3,4)24)5-6-14(11)17-16-10-21-18-15(7-8-20-18)23(16)12(2)22-17/h5-10,20,24H,1-4H3. The Labute approximate surface area is 140 Å². The Kier molecular flexibility index (Phi) is 3.05. The molecular formula is C19H20N4O. The highest BCUT2D eigenvalue weighted by Gasteiger charge is 2.19. The Balaban J connectivity index is 1.97. The van der Waals surface area contributed by atoms with Crippen LogP contribution in [-0.2, 0) is 5.60 Å². The lowest BCUT2D eigenvalue weighted by molar-refractivity contribution is 0.0785. The molecule has 0 amide bonds. The van der Waals surface area contributed by atoms with Crippen molar-refractivity contribution in [3.8, 4) is 11.3 Å². The normalized spacial score (nSPS) is 12.4. The SMILES string of the molecule is Cc1cc(C(C)(C)O)ccc1-c1nc(C)n2c1cnc1[nH]ccc12. The zero-order chi connectivity index (χ0) is 17.1. The van der Waals surface area contributed by atoms with Crippen LogP contribution < -0.4 is 0 Å². The fourth-order valence-electron chi connectivity index (χ4n) is 3.24. The van der Waals surface area contributed by atoms with E-state index in [-0.39, 0.29) is 0 Å². The van der Waals surface area contributed by atoms with E-state index >= 15 is 0 Å². The van der Waals surface area contributed by atoms with E-state index in [1.54, 1.807) is 13.8 Å². The van der Waals surface area contributed by atoms with Crippen molar-refractivity contribution in [3.05, 3.63) is 53.6 Å². The van der Waals surface area contributed by atoms with Crippen molar-refractivity contribution >= 4 is 16.7 Å². The zero-order valence-corrected chi connectivity index (χ0v) is 14.3. The molecule has 4 rings (SSSR count). The minimum atomic E-state index is -0.853. The predicted octanol–water partition coefficient (Wildman–Crippen LogP) is 3.72. The lowest BCUT2D eigenvalue weighted by Gasteiger charge is -2.19. The number of nitrogens with one attached hydrogen (secondary N) is 1. The molecule has 0 saturated heterocycles. The van der Waals surface area contributed by atoms with Crippen molar-refractivity contribution in [2.75, 3.05) is 0 Å². The Morgan fingerprint density at radius 2 is 1.92 bits per heavy atom. The van der Waals surface area contributed by atoms with Gasteiger partial charge in [0.25, 0.3) is 0 Å². The van der Waals surface area contributed by atoms with Gasteiger partial charge < -0.3 is 10.1 Å². The molecule has 1 aromatic carbocycles. The fraction of sp³-hybridized carbons (Fsp3) is 0.263. The van der Waals surface area contributed by atoms with Gasteiger partial charge in [0, 0.05) is 11.8 Å². The topological polar surface area (TPSA) is 66.2 Å². The molecule has 0 bridgehead atoms. The number of fused-ring (bicyclic) bond motifs is 3. The molecule has 2 N–H and O–H groups in total. The van der Waals surface area contributed by atoms with Crippen LogP contribution in [0.5, 0.6) is 0 Å². The van der Waals surface area contributed by atoms with Crippen LogP contribution in [0.25, 0.3) is 27.9 Å². The van der Waals surface area contributed by atoms with Crippen molar-refractivity contribution < 1.29 is 5.11 Å². The van der Waals surface area contributed by atoms with Crippen LogP contribution in [0.4, 0.5) is 0 Å². The van der Waals surface area contributed by atoms with E-state index in [2.05, 4.69) is 14.4 Å². The first-order chi connectivity index (χ1) is 11.4. The van der Waals surface area contributed by atoms with Crippen molar-refractivity contribution in [1.29, 1.82) is 0 Å². The summed E-state index contributed by atoms with van der Waals surface area (Å²) in [6, 6.07) is 8.03. The second-order valence-corrected chi connectivity index (χ2v) is 6.79. The van der Waals surface area contributed by atoms with Crippen LogP contribution in [0.3, 0.4) is 0 Å². The average Bonchev–Trinajstić information content (AvgIpc) is 3.10. The second kappa shape index (κ2) is 4.92. The lowest BCUT2D eigenvalue weighted by atomic mass is 9.93. The molecule has 5 heteroatoms. The lowest BCUT2D eigenvalue weighted by Crippen LogP contribution is -2.15. The third kappa shape index (κ3) is 2.12. The second-order valence-electron chi connectivity index (χ2n) is 6.79. The molecule has 0 aliphatic carbocycles. The van der Waals surface area contributed by atoms with E-state index in [1.165, 1.54) is 0 Å². The summed E-state index contributed by atoms with van der Waals surface area (Å²) in [6.45, 7) is 7.64. The molecular weight excluding hydrogens is 300 g/mol. The van der Waals surface area contributed by atoms with Gasteiger partial charge in [-0.2, -0.15) is 0 Å². The summed E-state index contributed by atoms with van der Waals surface area (Å²) in [5.41, 5.74) is 5.97. The summed E-state index contributed by atoms with van der Waals surface area (Å²) in [5, 5.41) is 10.2. The monoisotopic (exact) mass is 320 g/mol. The number of nitrogens with zero attached hydrogens (tertiary/aromatic N) is 3. The summed E-state index contributed by atoms with van der Waals surface area (Å²) < 4.78 is 2.12. The van der Waals surface area contributed by atoms with Gasteiger partial charge in [-0.3, -0.25) is 4.40 Å². The highest BCUT2D eigenvalue weighted by Crippen LogP contribution is 2.31. The van der Waals surface area contributed by atoms with Gasteiger partial charge in [-0.25, -0.2) is 9.97 Å². The molecule has 5 nitrogen and oxygen atoms in total. The Hall–Kier alpha value is -2.66. The number of rotatable bonds is 2. The van der Waals surface area contributed by atoms with E-state index in [0.29, 0.717) is 0 Å². The largest absolute Gasteiger partial charge is 0.386 e. The molecule has 0 saturated carbocycles. The first-order valence-corrected chi connectivity index (χ1v) is 8.01. The van der Waals surface area contributed by atoms with E-state index < -0.39 is 5.60 Å². The number of imidazole rings is 1. The number of aryl methyl sites for hydroxylation is 2. The van der Waals surface area contributed by atoms with E-state index in [0.717, 1.165) is 44.9 Å². The van der Waals surface area contributed by atoms with Gasteiger partial charge in [0.15, 0.2) is 5.65 Å². The maximum absolute atomic E-state index is 10.2. The molecule has 0 aliphatic rings. The highest BCUT2D eigenvalue weighted by atomic mass is 16.3. The molecule has 24 heavy (non-hydrogen) atoms. The minimum Gasteiger partial charge on any atom is -0.386 e. The highest BCUT2D eigenvalue weighted by molar-refractivity contribution is 5.85. The van der Waals surface area contributed by atoms with Gasteiger partial charge in [-0.1, -0.05) is 18.2 Å². The maximum Gasteiger partial charge on any atom is 0.154 e. The van der Waals surface area contributed by atoms with Crippen LogP contribution in [-0.4, -0.2) is 24.5 Å². The molecule has 3 heterocycles. The summed E-state index contributed by atoms with van der Waals surface area (Å²) in [6.07, 6.45) is 3.75. The average molecular weight is 320 g/mol. The first kappa shape index (κ1) is 14.9. The molecule has 0 radical (unpaired) electrons. The first-order valence-electron chi connectivity index (χ1n) is 8.01. The zero-order valence-electron chi connectivity index (χ0n) is 14.3. The minimum absolute atomic E-state index is 0.851. The number of benzene rings is 1. The Morgan fingerprint density at radius 1 is 1.12 bits per heavy atom. The van der Waals surface area contributed by atoms with Gasteiger partial charge in [-0.05, 0) is 44.9 Å². The van der Waals surface area contributed by atoms with Gasteiger partial charge in [0.05, 0.1) is 28.5 Å². The third-order valence-corrected chi connectivity index (χ3v) is 4.53. The van der Waals surface area contributed by atoms with Crippen LogP contribution in [0.1, 0.15) is 30.8 Å². The Bertz CT molecular complexity index is 1070. The maximum atomic E-state index is 10.2.